The Hall–Kier alpha value is -2.82. The minimum atomic E-state index is -0.232. The topological polar surface area (TPSA) is 61.4 Å². The lowest BCUT2D eigenvalue weighted by Crippen LogP contribution is -2.40. The number of nitrogens with one attached hydrogen (secondary N) is 2. The predicted octanol–water partition coefficient (Wildman–Crippen LogP) is 1.98. The van der Waals surface area contributed by atoms with Crippen LogP contribution in [0.25, 0.3) is 0 Å². The zero-order chi connectivity index (χ0) is 17.4. The molecule has 5 heteroatoms. The normalized spacial score (nSPS) is 10.1. The number of aryl methyl sites for hydroxylation is 1. The van der Waals surface area contributed by atoms with Crippen LogP contribution in [0.5, 0.6) is 0 Å². The van der Waals surface area contributed by atoms with Crippen molar-refractivity contribution in [3.8, 4) is 0 Å². The second-order valence-corrected chi connectivity index (χ2v) is 5.60. The molecule has 0 unspecified atom stereocenters. The third-order valence-corrected chi connectivity index (χ3v) is 3.77. The summed E-state index contributed by atoms with van der Waals surface area (Å²) in [6.45, 7) is 3.06. The first-order valence-electron chi connectivity index (χ1n) is 7.94. The quantitative estimate of drug-likeness (QED) is 0.818. The molecular weight excluding hydrogens is 302 g/mol. The van der Waals surface area contributed by atoms with E-state index in [0.29, 0.717) is 18.7 Å². The summed E-state index contributed by atoms with van der Waals surface area (Å²) in [5.74, 6) is -0.428. The summed E-state index contributed by atoms with van der Waals surface area (Å²) in [5, 5.41) is 5.45. The van der Waals surface area contributed by atoms with Crippen molar-refractivity contribution >= 4 is 17.5 Å². The number of likely N-dealkylation sites (N-methyl/N-ethyl adjacent to an activating group) is 1. The van der Waals surface area contributed by atoms with Gasteiger partial charge in [0.15, 0.2) is 0 Å². The van der Waals surface area contributed by atoms with Crippen molar-refractivity contribution in [2.45, 2.75) is 6.92 Å². The van der Waals surface area contributed by atoms with Crippen LogP contribution in [0.4, 0.5) is 5.69 Å². The van der Waals surface area contributed by atoms with Crippen LogP contribution in [0.2, 0.25) is 0 Å². The largest absolute Gasteiger partial charge is 0.373 e. The number of carbonyl (C=O) groups excluding carboxylic acids is 2. The van der Waals surface area contributed by atoms with Crippen LogP contribution >= 0.6 is 0 Å². The van der Waals surface area contributed by atoms with Gasteiger partial charge in [0.2, 0.25) is 5.91 Å². The molecule has 0 fully saturated rings. The van der Waals surface area contributed by atoms with Gasteiger partial charge in [-0.05, 0) is 30.7 Å². The Morgan fingerprint density at radius 2 is 1.62 bits per heavy atom. The van der Waals surface area contributed by atoms with Crippen LogP contribution in [0.15, 0.2) is 54.6 Å². The Balaban J connectivity index is 1.70. The van der Waals surface area contributed by atoms with Gasteiger partial charge in [0.25, 0.3) is 5.91 Å². The number of carbonyl (C=O) groups is 2. The smallest absolute Gasteiger partial charge is 0.251 e. The molecule has 0 aromatic heterocycles. The van der Waals surface area contributed by atoms with E-state index in [1.54, 1.807) is 12.1 Å². The second-order valence-electron chi connectivity index (χ2n) is 5.60. The standard InChI is InChI=1S/C19H23N3O2/c1-15-8-6-7-11-17(15)19(24)21-14-18(23)20-12-13-22(2)16-9-4-3-5-10-16/h3-11H,12-14H2,1-2H3,(H,20,23)(H,21,24). The van der Waals surface area contributed by atoms with Crippen molar-refractivity contribution in [1.82, 2.24) is 10.6 Å². The van der Waals surface area contributed by atoms with E-state index in [-0.39, 0.29) is 18.4 Å². The Kier molecular flexibility index (Phi) is 6.37. The van der Waals surface area contributed by atoms with Crippen molar-refractivity contribution in [3.05, 3.63) is 65.7 Å². The molecule has 0 heterocycles. The number of hydrogen-bond acceptors (Lipinski definition) is 3. The zero-order valence-corrected chi connectivity index (χ0v) is 14.1. The number of rotatable bonds is 7. The Morgan fingerprint density at radius 1 is 0.958 bits per heavy atom. The van der Waals surface area contributed by atoms with E-state index in [1.807, 2.05) is 56.4 Å². The van der Waals surface area contributed by atoms with E-state index in [0.717, 1.165) is 11.3 Å². The van der Waals surface area contributed by atoms with Gasteiger partial charge < -0.3 is 15.5 Å². The van der Waals surface area contributed by atoms with Gasteiger partial charge in [-0.25, -0.2) is 0 Å². The van der Waals surface area contributed by atoms with Gasteiger partial charge in [-0.2, -0.15) is 0 Å². The summed E-state index contributed by atoms with van der Waals surface area (Å²) in [7, 11) is 1.97. The molecule has 0 aliphatic rings. The Labute approximate surface area is 142 Å². The van der Waals surface area contributed by atoms with Crippen molar-refractivity contribution in [2.24, 2.45) is 0 Å². The maximum Gasteiger partial charge on any atom is 0.251 e. The Morgan fingerprint density at radius 3 is 2.33 bits per heavy atom. The molecule has 24 heavy (non-hydrogen) atoms. The number of amides is 2. The molecule has 2 amide bonds. The van der Waals surface area contributed by atoms with E-state index < -0.39 is 0 Å². The minimum Gasteiger partial charge on any atom is -0.373 e. The number of benzene rings is 2. The predicted molar refractivity (Wildman–Crippen MR) is 96.2 cm³/mol. The maximum atomic E-state index is 12.0. The molecule has 5 nitrogen and oxygen atoms in total. The van der Waals surface area contributed by atoms with Gasteiger partial charge in [-0.15, -0.1) is 0 Å². The fourth-order valence-electron chi connectivity index (χ4n) is 2.32. The molecule has 0 saturated carbocycles. The summed E-state index contributed by atoms with van der Waals surface area (Å²) < 4.78 is 0. The molecule has 0 bridgehead atoms. The first-order valence-corrected chi connectivity index (χ1v) is 7.94. The highest BCUT2D eigenvalue weighted by Gasteiger charge is 2.09. The average Bonchev–Trinajstić information content (AvgIpc) is 2.60. The summed E-state index contributed by atoms with van der Waals surface area (Å²) >= 11 is 0. The highest BCUT2D eigenvalue weighted by molar-refractivity contribution is 5.97. The van der Waals surface area contributed by atoms with Crippen molar-refractivity contribution in [1.29, 1.82) is 0 Å². The van der Waals surface area contributed by atoms with Crippen molar-refractivity contribution in [3.63, 3.8) is 0 Å². The van der Waals surface area contributed by atoms with E-state index >= 15 is 0 Å². The monoisotopic (exact) mass is 325 g/mol. The highest BCUT2D eigenvalue weighted by atomic mass is 16.2. The molecule has 0 radical (unpaired) electrons. The fourth-order valence-corrected chi connectivity index (χ4v) is 2.32. The van der Waals surface area contributed by atoms with Crippen molar-refractivity contribution < 1.29 is 9.59 Å². The molecule has 2 rings (SSSR count). The van der Waals surface area contributed by atoms with Crippen LogP contribution in [-0.4, -0.2) is 38.5 Å². The molecule has 0 atom stereocenters. The number of para-hydroxylation sites is 1. The van der Waals surface area contributed by atoms with Crippen LogP contribution in [0, 0.1) is 6.92 Å². The van der Waals surface area contributed by atoms with E-state index in [9.17, 15) is 9.59 Å². The van der Waals surface area contributed by atoms with Crippen LogP contribution < -0.4 is 15.5 Å². The van der Waals surface area contributed by atoms with Gasteiger partial charge >= 0.3 is 0 Å². The minimum absolute atomic E-state index is 0.0256. The molecule has 0 aliphatic heterocycles. The number of anilines is 1. The number of nitrogens with zero attached hydrogens (tertiary/aromatic N) is 1. The van der Waals surface area contributed by atoms with Crippen molar-refractivity contribution in [2.75, 3.05) is 31.6 Å². The number of hydrogen-bond donors (Lipinski definition) is 2. The molecular formula is C19H23N3O2. The zero-order valence-electron chi connectivity index (χ0n) is 14.1. The highest BCUT2D eigenvalue weighted by Crippen LogP contribution is 2.09. The Bertz CT molecular complexity index is 686. The van der Waals surface area contributed by atoms with Crippen LogP contribution in [0.1, 0.15) is 15.9 Å². The molecule has 0 aliphatic carbocycles. The molecule has 2 aromatic rings. The van der Waals surface area contributed by atoms with Gasteiger partial charge in [-0.3, -0.25) is 9.59 Å². The van der Waals surface area contributed by atoms with Gasteiger partial charge in [0.1, 0.15) is 0 Å². The van der Waals surface area contributed by atoms with Gasteiger partial charge in [0.05, 0.1) is 6.54 Å². The molecule has 0 saturated heterocycles. The molecule has 0 spiro atoms. The summed E-state index contributed by atoms with van der Waals surface area (Å²) in [5.41, 5.74) is 2.58. The average molecular weight is 325 g/mol. The fraction of sp³-hybridized carbons (Fsp3) is 0.263. The summed E-state index contributed by atoms with van der Waals surface area (Å²) in [6, 6.07) is 17.3. The van der Waals surface area contributed by atoms with E-state index in [1.165, 1.54) is 0 Å². The summed E-state index contributed by atoms with van der Waals surface area (Å²) in [6.07, 6.45) is 0. The first-order chi connectivity index (χ1) is 11.6. The third-order valence-electron chi connectivity index (χ3n) is 3.77. The lowest BCUT2D eigenvalue weighted by Gasteiger charge is -2.19. The first kappa shape index (κ1) is 17.5. The second kappa shape index (κ2) is 8.72. The lowest BCUT2D eigenvalue weighted by molar-refractivity contribution is -0.120. The van der Waals surface area contributed by atoms with Gasteiger partial charge in [-0.1, -0.05) is 36.4 Å². The van der Waals surface area contributed by atoms with E-state index in [4.69, 9.17) is 0 Å². The molecule has 2 N–H and O–H groups in total. The lowest BCUT2D eigenvalue weighted by atomic mass is 10.1. The SMILES string of the molecule is Cc1ccccc1C(=O)NCC(=O)NCCN(C)c1ccccc1. The van der Waals surface area contributed by atoms with Gasteiger partial charge in [0, 0.05) is 31.4 Å². The summed E-state index contributed by atoms with van der Waals surface area (Å²) in [4.78, 5) is 25.9. The molecule has 126 valence electrons. The van der Waals surface area contributed by atoms with Crippen LogP contribution in [0.3, 0.4) is 0 Å². The molecule has 2 aromatic carbocycles. The van der Waals surface area contributed by atoms with E-state index in [2.05, 4.69) is 15.5 Å². The maximum absolute atomic E-state index is 12.0. The third kappa shape index (κ3) is 5.12. The van der Waals surface area contributed by atoms with Crippen LogP contribution in [-0.2, 0) is 4.79 Å².